The molecule has 1 saturated heterocycles. The largest absolute Gasteiger partial charge is 0.353 e. The summed E-state index contributed by atoms with van der Waals surface area (Å²) in [7, 11) is 1.90. The van der Waals surface area contributed by atoms with Crippen molar-refractivity contribution >= 4 is 29.9 Å². The second kappa shape index (κ2) is 5.55. The lowest BCUT2D eigenvalue weighted by atomic mass is 9.87. The number of nitrogens with zero attached hydrogens (tertiary/aromatic N) is 2. The van der Waals surface area contributed by atoms with Crippen LogP contribution in [-0.4, -0.2) is 37.0 Å². The predicted molar refractivity (Wildman–Crippen MR) is 88.7 cm³/mol. The summed E-state index contributed by atoms with van der Waals surface area (Å²) >= 11 is 0. The van der Waals surface area contributed by atoms with Gasteiger partial charge >= 0.3 is 0 Å². The molecule has 0 aromatic carbocycles. The minimum Gasteiger partial charge on any atom is -0.353 e. The van der Waals surface area contributed by atoms with Gasteiger partial charge in [0.1, 0.15) is 0 Å². The molecule has 1 aliphatic heterocycles. The Bertz CT molecular complexity index is 327. The highest BCUT2D eigenvalue weighted by atomic mass is 127. The number of nitrogens with one attached hydrogen (secondary N) is 1. The molecule has 2 atom stereocenters. The summed E-state index contributed by atoms with van der Waals surface area (Å²) in [5, 5.41) is 3.61. The lowest BCUT2D eigenvalue weighted by molar-refractivity contribution is 0.321. The number of halogens is 1. The summed E-state index contributed by atoms with van der Waals surface area (Å²) in [6, 6.07) is 0.620. The van der Waals surface area contributed by atoms with E-state index in [0.29, 0.717) is 16.9 Å². The third kappa shape index (κ3) is 3.31. The van der Waals surface area contributed by atoms with Crippen LogP contribution in [-0.2, 0) is 0 Å². The van der Waals surface area contributed by atoms with Crippen LogP contribution in [0.4, 0.5) is 0 Å². The molecule has 2 rings (SSSR count). The van der Waals surface area contributed by atoms with Gasteiger partial charge in [-0.1, -0.05) is 27.7 Å². The number of guanidine groups is 1. The molecule has 0 aromatic rings. The lowest BCUT2D eigenvalue weighted by Gasteiger charge is -2.25. The van der Waals surface area contributed by atoms with E-state index in [0.717, 1.165) is 19.0 Å². The van der Waals surface area contributed by atoms with Crippen LogP contribution in [0.1, 0.15) is 47.0 Å². The van der Waals surface area contributed by atoms with Crippen LogP contribution in [0.15, 0.2) is 4.99 Å². The molecular weight excluding hydrogens is 337 g/mol. The first-order valence-corrected chi connectivity index (χ1v) is 6.88. The van der Waals surface area contributed by atoms with Crippen molar-refractivity contribution in [2.24, 2.45) is 15.8 Å². The predicted octanol–water partition coefficient (Wildman–Crippen LogP) is 3.10. The molecule has 3 nitrogen and oxygen atoms in total. The monoisotopic (exact) mass is 365 g/mol. The highest BCUT2D eigenvalue weighted by Crippen LogP contribution is 2.44. The summed E-state index contributed by atoms with van der Waals surface area (Å²) in [5.41, 5.74) is 0.945. The first-order valence-electron chi connectivity index (χ1n) is 6.88. The molecule has 4 heteroatoms. The second-order valence-corrected chi connectivity index (χ2v) is 6.77. The topological polar surface area (TPSA) is 27.6 Å². The van der Waals surface area contributed by atoms with Crippen LogP contribution in [0.25, 0.3) is 0 Å². The molecule has 1 N–H and O–H groups in total. The van der Waals surface area contributed by atoms with Gasteiger partial charge in [0.25, 0.3) is 0 Å². The average Bonchev–Trinajstić information content (AvgIpc) is 2.71. The van der Waals surface area contributed by atoms with Crippen molar-refractivity contribution < 1.29 is 0 Å². The smallest absolute Gasteiger partial charge is 0.193 e. The number of rotatable bonds is 2. The standard InChI is InChI=1S/C14H27N3.HI/c1-6-14(4)7-8-17(10-14)12(15-5)16-11-9-13(11,2)3;/h11H,6-10H2,1-5H3,(H,15,16);1H. The van der Waals surface area contributed by atoms with Gasteiger partial charge in [-0.2, -0.15) is 0 Å². The molecule has 1 aliphatic carbocycles. The fraction of sp³-hybridized carbons (Fsp3) is 0.929. The number of likely N-dealkylation sites (tertiary alicyclic amines) is 1. The number of hydrogen-bond donors (Lipinski definition) is 1. The molecule has 18 heavy (non-hydrogen) atoms. The average molecular weight is 365 g/mol. The Kier molecular flexibility index (Phi) is 4.95. The zero-order valence-corrected chi connectivity index (χ0v) is 14.7. The third-order valence-corrected chi connectivity index (χ3v) is 4.74. The summed E-state index contributed by atoms with van der Waals surface area (Å²) < 4.78 is 0. The summed E-state index contributed by atoms with van der Waals surface area (Å²) in [6.07, 6.45) is 3.82. The van der Waals surface area contributed by atoms with E-state index in [2.05, 4.69) is 42.9 Å². The van der Waals surface area contributed by atoms with E-state index in [1.54, 1.807) is 0 Å². The fourth-order valence-electron chi connectivity index (χ4n) is 2.66. The van der Waals surface area contributed by atoms with Crippen molar-refractivity contribution in [3.8, 4) is 0 Å². The Labute approximate surface area is 129 Å². The fourth-order valence-corrected chi connectivity index (χ4v) is 2.66. The van der Waals surface area contributed by atoms with Crippen LogP contribution < -0.4 is 5.32 Å². The Morgan fingerprint density at radius 1 is 1.39 bits per heavy atom. The van der Waals surface area contributed by atoms with Gasteiger partial charge < -0.3 is 10.2 Å². The van der Waals surface area contributed by atoms with Gasteiger partial charge in [-0.05, 0) is 30.1 Å². The van der Waals surface area contributed by atoms with Gasteiger partial charge in [0, 0.05) is 26.2 Å². The molecule has 0 bridgehead atoms. The van der Waals surface area contributed by atoms with E-state index in [1.807, 2.05) is 7.05 Å². The van der Waals surface area contributed by atoms with Gasteiger partial charge in [0.15, 0.2) is 5.96 Å². The zero-order chi connectivity index (χ0) is 12.7. The second-order valence-electron chi connectivity index (χ2n) is 6.77. The Balaban J connectivity index is 0.00000162. The van der Waals surface area contributed by atoms with Crippen LogP contribution in [0.5, 0.6) is 0 Å². The van der Waals surface area contributed by atoms with Crippen molar-refractivity contribution in [3.63, 3.8) is 0 Å². The summed E-state index contributed by atoms with van der Waals surface area (Å²) in [5.74, 6) is 1.11. The van der Waals surface area contributed by atoms with Crippen LogP contribution >= 0.6 is 24.0 Å². The van der Waals surface area contributed by atoms with Crippen molar-refractivity contribution in [2.45, 2.75) is 53.0 Å². The first-order chi connectivity index (χ1) is 7.90. The van der Waals surface area contributed by atoms with E-state index in [4.69, 9.17) is 0 Å². The van der Waals surface area contributed by atoms with Crippen LogP contribution in [0.3, 0.4) is 0 Å². The van der Waals surface area contributed by atoms with E-state index >= 15 is 0 Å². The van der Waals surface area contributed by atoms with Gasteiger partial charge in [-0.3, -0.25) is 4.99 Å². The quantitative estimate of drug-likeness (QED) is 0.463. The van der Waals surface area contributed by atoms with Gasteiger partial charge in [0.05, 0.1) is 0 Å². The molecule has 1 heterocycles. The molecule has 0 radical (unpaired) electrons. The first kappa shape index (κ1) is 16.1. The molecule has 2 aliphatic rings. The molecule has 2 unspecified atom stereocenters. The van der Waals surface area contributed by atoms with Gasteiger partial charge in [-0.15, -0.1) is 24.0 Å². The molecule has 106 valence electrons. The Morgan fingerprint density at radius 3 is 2.39 bits per heavy atom. The van der Waals surface area contributed by atoms with Gasteiger partial charge in [-0.25, -0.2) is 0 Å². The van der Waals surface area contributed by atoms with Gasteiger partial charge in [0.2, 0.25) is 0 Å². The molecule has 1 saturated carbocycles. The molecule has 2 fully saturated rings. The zero-order valence-electron chi connectivity index (χ0n) is 12.4. The summed E-state index contributed by atoms with van der Waals surface area (Å²) in [6.45, 7) is 11.6. The maximum atomic E-state index is 4.45. The highest BCUT2D eigenvalue weighted by Gasteiger charge is 2.47. The lowest BCUT2D eigenvalue weighted by Crippen LogP contribution is -2.42. The van der Waals surface area contributed by atoms with Crippen molar-refractivity contribution in [2.75, 3.05) is 20.1 Å². The normalized spacial score (nSPS) is 34.2. The van der Waals surface area contributed by atoms with Crippen LogP contribution in [0, 0.1) is 10.8 Å². The Morgan fingerprint density at radius 2 is 2.00 bits per heavy atom. The van der Waals surface area contributed by atoms with E-state index in [1.165, 1.54) is 19.3 Å². The van der Waals surface area contributed by atoms with E-state index < -0.39 is 0 Å². The minimum absolute atomic E-state index is 0. The van der Waals surface area contributed by atoms with E-state index in [-0.39, 0.29) is 24.0 Å². The maximum Gasteiger partial charge on any atom is 0.193 e. The van der Waals surface area contributed by atoms with Crippen molar-refractivity contribution in [3.05, 3.63) is 0 Å². The van der Waals surface area contributed by atoms with Crippen LogP contribution in [0.2, 0.25) is 0 Å². The molecule has 0 spiro atoms. The van der Waals surface area contributed by atoms with Crippen molar-refractivity contribution in [1.82, 2.24) is 10.2 Å². The molecular formula is C14H28IN3. The molecule has 0 amide bonds. The summed E-state index contributed by atoms with van der Waals surface area (Å²) in [4.78, 5) is 6.88. The van der Waals surface area contributed by atoms with E-state index in [9.17, 15) is 0 Å². The minimum atomic E-state index is 0. The number of hydrogen-bond acceptors (Lipinski definition) is 1. The molecule has 0 aromatic heterocycles. The van der Waals surface area contributed by atoms with Crippen molar-refractivity contribution in [1.29, 1.82) is 0 Å². The Hall–Kier alpha value is 0. The SMILES string of the molecule is CCC1(C)CCN(C(=NC)NC2CC2(C)C)C1.I. The highest BCUT2D eigenvalue weighted by molar-refractivity contribution is 14.0. The number of aliphatic imine (C=N–C) groups is 1. The maximum absolute atomic E-state index is 4.45. The third-order valence-electron chi connectivity index (χ3n) is 4.74.